The minimum atomic E-state index is -0.963. The molecule has 0 saturated carbocycles. The Balaban J connectivity index is 3.25. The van der Waals surface area contributed by atoms with E-state index in [1.54, 1.807) is 0 Å². The molecule has 6 nitrogen and oxygen atoms in total. The Hall–Kier alpha value is -1.26. The molecule has 1 atom stereocenters. The molecule has 0 aromatic heterocycles. The van der Waals surface area contributed by atoms with Crippen molar-refractivity contribution in [2.45, 2.75) is 31.7 Å². The van der Waals surface area contributed by atoms with Gasteiger partial charge < -0.3 is 10.8 Å². The molecule has 0 bridgehead atoms. The summed E-state index contributed by atoms with van der Waals surface area (Å²) in [4.78, 5) is 12.9. The average Bonchev–Trinajstić information content (AvgIpc) is 2.10. The van der Waals surface area contributed by atoms with E-state index in [2.05, 4.69) is 10.0 Å². The van der Waals surface area contributed by atoms with Gasteiger partial charge in [0.2, 0.25) is 0 Å². The average molecular weight is 186 g/mol. The predicted molar refractivity (Wildman–Crippen MR) is 48.1 cm³/mol. The number of nitrogens with zero attached hydrogens (tertiary/aromatic N) is 3. The van der Waals surface area contributed by atoms with Crippen LogP contribution in [0.25, 0.3) is 10.4 Å². The van der Waals surface area contributed by atoms with Crippen molar-refractivity contribution < 1.29 is 9.90 Å². The van der Waals surface area contributed by atoms with Gasteiger partial charge in [0, 0.05) is 11.5 Å². The van der Waals surface area contributed by atoms with Crippen LogP contribution < -0.4 is 5.73 Å². The normalized spacial score (nSPS) is 11.8. The highest BCUT2D eigenvalue weighted by molar-refractivity contribution is 5.72. The third-order valence-corrected chi connectivity index (χ3v) is 1.65. The van der Waals surface area contributed by atoms with Crippen molar-refractivity contribution in [2.75, 3.05) is 6.54 Å². The first kappa shape index (κ1) is 11.7. The van der Waals surface area contributed by atoms with Crippen LogP contribution >= 0.6 is 0 Å². The summed E-state index contributed by atoms with van der Waals surface area (Å²) in [6.07, 6.45) is 2.87. The van der Waals surface area contributed by atoms with E-state index in [9.17, 15) is 4.79 Å². The van der Waals surface area contributed by atoms with Crippen LogP contribution in [0.3, 0.4) is 0 Å². The highest BCUT2D eigenvalue weighted by Gasteiger charge is 2.09. The number of nitrogens with two attached hydrogens (primary N) is 1. The van der Waals surface area contributed by atoms with Crippen molar-refractivity contribution in [3.8, 4) is 0 Å². The lowest BCUT2D eigenvalue weighted by Gasteiger charge is -2.04. The Morgan fingerprint density at radius 1 is 1.54 bits per heavy atom. The van der Waals surface area contributed by atoms with Gasteiger partial charge in [-0.25, -0.2) is 0 Å². The summed E-state index contributed by atoms with van der Waals surface area (Å²) >= 11 is 0. The molecule has 0 heterocycles. The Kier molecular flexibility index (Phi) is 6.68. The minimum absolute atomic E-state index is 0.471. The summed E-state index contributed by atoms with van der Waals surface area (Å²) in [5.41, 5.74) is 13.2. The van der Waals surface area contributed by atoms with E-state index in [0.717, 1.165) is 19.3 Å². The van der Waals surface area contributed by atoms with E-state index in [0.29, 0.717) is 13.0 Å². The SMILES string of the molecule is [N-]=[N+]=NCCCCCC(N)C(=O)O. The van der Waals surface area contributed by atoms with Gasteiger partial charge in [-0.15, -0.1) is 0 Å². The van der Waals surface area contributed by atoms with Crippen LogP contribution in [0.2, 0.25) is 0 Å². The summed E-state index contributed by atoms with van der Waals surface area (Å²) in [5.74, 6) is -0.963. The smallest absolute Gasteiger partial charge is 0.320 e. The van der Waals surface area contributed by atoms with Gasteiger partial charge in [0.1, 0.15) is 6.04 Å². The maximum Gasteiger partial charge on any atom is 0.320 e. The number of aliphatic carboxylic acids is 1. The predicted octanol–water partition coefficient (Wildman–Crippen LogP) is 1.27. The van der Waals surface area contributed by atoms with E-state index in [1.807, 2.05) is 0 Å². The third-order valence-electron chi connectivity index (χ3n) is 1.65. The second-order valence-corrected chi connectivity index (χ2v) is 2.75. The lowest BCUT2D eigenvalue weighted by molar-refractivity contribution is -0.138. The minimum Gasteiger partial charge on any atom is -0.480 e. The molecule has 0 aromatic carbocycles. The molecule has 1 unspecified atom stereocenters. The maximum atomic E-state index is 10.3. The van der Waals surface area contributed by atoms with E-state index in [-0.39, 0.29) is 0 Å². The van der Waals surface area contributed by atoms with E-state index in [4.69, 9.17) is 16.4 Å². The third kappa shape index (κ3) is 7.11. The van der Waals surface area contributed by atoms with Crippen LogP contribution in [-0.4, -0.2) is 23.7 Å². The maximum absolute atomic E-state index is 10.3. The molecule has 0 rings (SSSR count). The molecule has 6 heteroatoms. The van der Waals surface area contributed by atoms with Crippen molar-refractivity contribution >= 4 is 5.97 Å². The summed E-state index contributed by atoms with van der Waals surface area (Å²) in [6.45, 7) is 0.471. The topological polar surface area (TPSA) is 112 Å². The largest absolute Gasteiger partial charge is 0.480 e. The molecule has 0 aliphatic heterocycles. The number of carboxylic acids is 1. The zero-order valence-corrected chi connectivity index (χ0v) is 7.39. The fourth-order valence-corrected chi connectivity index (χ4v) is 0.892. The Morgan fingerprint density at radius 3 is 2.77 bits per heavy atom. The molecule has 74 valence electrons. The van der Waals surface area contributed by atoms with Gasteiger partial charge in [-0.1, -0.05) is 18.0 Å². The van der Waals surface area contributed by atoms with Gasteiger partial charge >= 0.3 is 5.97 Å². The van der Waals surface area contributed by atoms with Crippen molar-refractivity contribution in [3.05, 3.63) is 10.4 Å². The molecule has 0 spiro atoms. The van der Waals surface area contributed by atoms with Crippen molar-refractivity contribution in [1.29, 1.82) is 0 Å². The zero-order valence-electron chi connectivity index (χ0n) is 7.39. The number of carboxylic acid groups (broad SMARTS) is 1. The molecule has 0 aromatic rings. The summed E-state index contributed by atoms with van der Waals surface area (Å²) in [5, 5.41) is 11.8. The molecule has 0 radical (unpaired) electrons. The number of carbonyl (C=O) groups is 1. The zero-order chi connectivity index (χ0) is 10.1. The fraction of sp³-hybridized carbons (Fsp3) is 0.857. The van der Waals surface area contributed by atoms with Crippen molar-refractivity contribution in [2.24, 2.45) is 10.8 Å². The number of hydrogen-bond acceptors (Lipinski definition) is 3. The fourth-order valence-electron chi connectivity index (χ4n) is 0.892. The molecule has 3 N–H and O–H groups in total. The molecule has 0 saturated heterocycles. The molecule has 0 aliphatic rings. The summed E-state index contributed by atoms with van der Waals surface area (Å²) < 4.78 is 0. The van der Waals surface area contributed by atoms with E-state index < -0.39 is 12.0 Å². The van der Waals surface area contributed by atoms with Crippen LogP contribution in [0.4, 0.5) is 0 Å². The first-order chi connectivity index (χ1) is 6.18. The molecular formula is C7H14N4O2. The van der Waals surface area contributed by atoms with Crippen LogP contribution in [0.1, 0.15) is 25.7 Å². The van der Waals surface area contributed by atoms with Crippen molar-refractivity contribution in [1.82, 2.24) is 0 Å². The summed E-state index contributed by atoms with van der Waals surface area (Å²) in [7, 11) is 0. The van der Waals surface area contributed by atoms with E-state index in [1.165, 1.54) is 0 Å². The number of rotatable bonds is 7. The van der Waals surface area contributed by atoms with Gasteiger partial charge in [-0.2, -0.15) is 0 Å². The molecule has 0 amide bonds. The van der Waals surface area contributed by atoms with Gasteiger partial charge in [0.25, 0.3) is 0 Å². The highest BCUT2D eigenvalue weighted by Crippen LogP contribution is 2.02. The molecule has 13 heavy (non-hydrogen) atoms. The lowest BCUT2D eigenvalue weighted by atomic mass is 10.1. The van der Waals surface area contributed by atoms with Gasteiger partial charge in [-0.05, 0) is 18.4 Å². The number of unbranched alkanes of at least 4 members (excludes halogenated alkanes) is 2. The monoisotopic (exact) mass is 186 g/mol. The van der Waals surface area contributed by atoms with Crippen LogP contribution in [-0.2, 0) is 4.79 Å². The second kappa shape index (κ2) is 7.39. The van der Waals surface area contributed by atoms with Gasteiger partial charge in [-0.3, -0.25) is 4.79 Å². The number of azide groups is 1. The lowest BCUT2D eigenvalue weighted by Crippen LogP contribution is -2.29. The first-order valence-electron chi connectivity index (χ1n) is 4.17. The van der Waals surface area contributed by atoms with E-state index >= 15 is 0 Å². The quantitative estimate of drug-likeness (QED) is 0.270. The van der Waals surface area contributed by atoms with Crippen LogP contribution in [0.15, 0.2) is 5.11 Å². The first-order valence-corrected chi connectivity index (χ1v) is 4.17. The van der Waals surface area contributed by atoms with Gasteiger partial charge in [0.05, 0.1) is 0 Å². The Morgan fingerprint density at radius 2 is 2.23 bits per heavy atom. The molecular weight excluding hydrogens is 172 g/mol. The van der Waals surface area contributed by atoms with Crippen LogP contribution in [0.5, 0.6) is 0 Å². The summed E-state index contributed by atoms with van der Waals surface area (Å²) in [6, 6.07) is -0.764. The highest BCUT2D eigenvalue weighted by atomic mass is 16.4. The van der Waals surface area contributed by atoms with Gasteiger partial charge in [0.15, 0.2) is 0 Å². The standard InChI is InChI=1S/C7H14N4O2/c8-6(7(12)13)4-2-1-3-5-10-11-9/h6H,1-5,8H2,(H,12,13). The molecule has 0 aliphatic carbocycles. The number of hydrogen-bond donors (Lipinski definition) is 2. The molecule has 0 fully saturated rings. The Labute approximate surface area is 76.4 Å². The Bertz CT molecular complexity index is 201. The second-order valence-electron chi connectivity index (χ2n) is 2.75. The van der Waals surface area contributed by atoms with Crippen molar-refractivity contribution in [3.63, 3.8) is 0 Å². The van der Waals surface area contributed by atoms with Crippen LogP contribution in [0, 0.1) is 0 Å².